The van der Waals surface area contributed by atoms with Crippen LogP contribution in [-0.4, -0.2) is 17.4 Å². The molecule has 0 unspecified atom stereocenters. The molecule has 2 aliphatic rings. The van der Waals surface area contributed by atoms with Crippen molar-refractivity contribution in [1.82, 2.24) is 5.32 Å². The molecule has 2 N–H and O–H groups in total. The van der Waals surface area contributed by atoms with Gasteiger partial charge in [-0.2, -0.15) is 5.26 Å². The van der Waals surface area contributed by atoms with Crippen molar-refractivity contribution in [2.75, 3.05) is 11.1 Å². The van der Waals surface area contributed by atoms with Crippen molar-refractivity contribution in [2.45, 2.75) is 46.5 Å². The van der Waals surface area contributed by atoms with Gasteiger partial charge in [-0.3, -0.25) is 9.59 Å². The molecular weight excluding hydrogens is 478 g/mol. The maximum Gasteiger partial charge on any atom is 0.234 e. The Hall–Kier alpha value is -3.01. The van der Waals surface area contributed by atoms with Gasteiger partial charge in [0, 0.05) is 28.4 Å². The van der Waals surface area contributed by atoms with Crippen LogP contribution < -0.4 is 10.6 Å². The van der Waals surface area contributed by atoms with Crippen molar-refractivity contribution in [3.05, 3.63) is 86.0 Å². The maximum atomic E-state index is 13.3. The smallest absolute Gasteiger partial charge is 0.234 e. The zero-order chi connectivity index (χ0) is 25.3. The first-order valence-corrected chi connectivity index (χ1v) is 12.9. The van der Waals surface area contributed by atoms with Gasteiger partial charge in [0.2, 0.25) is 5.91 Å². The third kappa shape index (κ3) is 5.47. The Labute approximate surface area is 215 Å². The third-order valence-electron chi connectivity index (χ3n) is 6.33. The minimum absolute atomic E-state index is 0.0492. The van der Waals surface area contributed by atoms with E-state index in [9.17, 15) is 14.9 Å². The summed E-state index contributed by atoms with van der Waals surface area (Å²) < 4.78 is 0. The van der Waals surface area contributed by atoms with Gasteiger partial charge in [0.15, 0.2) is 5.78 Å². The van der Waals surface area contributed by atoms with Gasteiger partial charge < -0.3 is 10.6 Å². The number of anilines is 1. The van der Waals surface area contributed by atoms with Crippen LogP contribution in [0.15, 0.2) is 64.3 Å². The van der Waals surface area contributed by atoms with E-state index in [4.69, 9.17) is 11.6 Å². The Morgan fingerprint density at radius 3 is 2.57 bits per heavy atom. The van der Waals surface area contributed by atoms with Gasteiger partial charge in [0.05, 0.1) is 28.3 Å². The number of carbonyl (C=O) groups excluding carboxylic acids is 2. The molecule has 0 radical (unpaired) electrons. The van der Waals surface area contributed by atoms with Crippen LogP contribution in [0, 0.1) is 30.6 Å². The Balaban J connectivity index is 1.64. The molecule has 1 aliphatic heterocycles. The van der Waals surface area contributed by atoms with E-state index in [1.54, 1.807) is 12.1 Å². The number of carbonyl (C=O) groups is 2. The topological polar surface area (TPSA) is 82.0 Å². The van der Waals surface area contributed by atoms with Crippen LogP contribution in [0.2, 0.25) is 5.02 Å². The Kier molecular flexibility index (Phi) is 7.12. The van der Waals surface area contributed by atoms with Crippen LogP contribution in [-0.2, 0) is 9.59 Å². The summed E-state index contributed by atoms with van der Waals surface area (Å²) in [6.45, 7) is 8.11. The van der Waals surface area contributed by atoms with Gasteiger partial charge in [-0.05, 0) is 55.0 Å². The lowest BCUT2D eigenvalue weighted by molar-refractivity contribution is -0.118. The fourth-order valence-corrected chi connectivity index (χ4v) is 5.74. The standard InChI is InChI=1S/C28H28ClN3O2S/c1-16-5-10-21(17(2)11-16)31-24(34)15-35-27-20(14-30)25(18-6-8-19(29)9-7-18)26-22(32-27)12-28(3,4)13-23(26)33/h5-11,25,32H,12-13,15H2,1-4H3,(H,31,34)/t25-/m1/s1. The molecule has 1 aliphatic carbocycles. The number of amides is 1. The number of thioether (sulfide) groups is 1. The number of hydrogen-bond donors (Lipinski definition) is 2. The van der Waals surface area contributed by atoms with E-state index in [0.29, 0.717) is 34.0 Å². The molecule has 180 valence electrons. The maximum absolute atomic E-state index is 13.3. The van der Waals surface area contributed by atoms with E-state index in [-0.39, 0.29) is 22.9 Å². The monoisotopic (exact) mass is 505 g/mol. The van der Waals surface area contributed by atoms with E-state index >= 15 is 0 Å². The number of rotatable bonds is 5. The van der Waals surface area contributed by atoms with Crippen LogP contribution in [0.3, 0.4) is 0 Å². The highest BCUT2D eigenvalue weighted by Gasteiger charge is 2.41. The molecule has 1 amide bonds. The van der Waals surface area contributed by atoms with Gasteiger partial charge in [0.1, 0.15) is 0 Å². The zero-order valence-corrected chi connectivity index (χ0v) is 21.9. The van der Waals surface area contributed by atoms with Crippen molar-refractivity contribution in [3.8, 4) is 6.07 Å². The third-order valence-corrected chi connectivity index (χ3v) is 7.60. The molecule has 0 spiro atoms. The predicted octanol–water partition coefficient (Wildman–Crippen LogP) is 6.39. The second-order valence-electron chi connectivity index (χ2n) is 9.95. The first kappa shape index (κ1) is 25.1. The molecule has 35 heavy (non-hydrogen) atoms. The largest absolute Gasteiger partial charge is 0.352 e. The van der Waals surface area contributed by atoms with Crippen molar-refractivity contribution in [2.24, 2.45) is 5.41 Å². The molecule has 0 aromatic heterocycles. The molecule has 0 bridgehead atoms. The van der Waals surface area contributed by atoms with Crippen LogP contribution in [0.25, 0.3) is 0 Å². The van der Waals surface area contributed by atoms with E-state index in [2.05, 4.69) is 30.6 Å². The fraction of sp³-hybridized carbons (Fsp3) is 0.321. The number of dihydropyridines is 1. The number of halogens is 1. The number of allylic oxidation sites excluding steroid dienone is 3. The highest BCUT2D eigenvalue weighted by molar-refractivity contribution is 8.03. The number of nitrogens with zero attached hydrogens (tertiary/aromatic N) is 1. The van der Waals surface area contributed by atoms with E-state index in [1.807, 2.05) is 44.2 Å². The molecule has 0 saturated heterocycles. The second kappa shape index (κ2) is 9.93. The predicted molar refractivity (Wildman–Crippen MR) is 142 cm³/mol. The van der Waals surface area contributed by atoms with Gasteiger partial charge >= 0.3 is 0 Å². The molecule has 7 heteroatoms. The van der Waals surface area contributed by atoms with E-state index in [0.717, 1.165) is 28.1 Å². The Morgan fingerprint density at radius 1 is 1.20 bits per heavy atom. The van der Waals surface area contributed by atoms with Crippen LogP contribution in [0.4, 0.5) is 5.69 Å². The highest BCUT2D eigenvalue weighted by Crippen LogP contribution is 2.47. The van der Waals surface area contributed by atoms with E-state index < -0.39 is 5.92 Å². The molecule has 4 rings (SSSR count). The molecule has 2 aromatic rings. The minimum atomic E-state index is -0.484. The fourth-order valence-electron chi connectivity index (χ4n) is 4.76. The summed E-state index contributed by atoms with van der Waals surface area (Å²) in [5.41, 5.74) is 5.48. The lowest BCUT2D eigenvalue weighted by Crippen LogP contribution is -2.37. The van der Waals surface area contributed by atoms with Crippen molar-refractivity contribution in [1.29, 1.82) is 5.26 Å². The lowest BCUT2D eigenvalue weighted by Gasteiger charge is -2.39. The average molecular weight is 506 g/mol. The zero-order valence-electron chi connectivity index (χ0n) is 20.3. The number of ketones is 1. The quantitative estimate of drug-likeness (QED) is 0.491. The van der Waals surface area contributed by atoms with Crippen LogP contribution >= 0.6 is 23.4 Å². The SMILES string of the molecule is Cc1ccc(NC(=O)CSC2=C(C#N)[C@@H](c3ccc(Cl)cc3)C3=C(CC(C)(C)CC3=O)N2)c(C)c1. The van der Waals surface area contributed by atoms with Gasteiger partial charge in [-0.1, -0.05) is 67.0 Å². The first-order chi connectivity index (χ1) is 16.6. The van der Waals surface area contributed by atoms with Gasteiger partial charge in [-0.25, -0.2) is 0 Å². The number of benzene rings is 2. The summed E-state index contributed by atoms with van der Waals surface area (Å²) in [5, 5.41) is 17.7. The Bertz CT molecular complexity index is 1300. The first-order valence-electron chi connectivity index (χ1n) is 11.5. The molecule has 1 heterocycles. The van der Waals surface area contributed by atoms with Crippen LogP contribution in [0.5, 0.6) is 0 Å². The average Bonchev–Trinajstić information content (AvgIpc) is 2.78. The summed E-state index contributed by atoms with van der Waals surface area (Å²) in [6, 6.07) is 15.5. The van der Waals surface area contributed by atoms with Crippen molar-refractivity contribution >= 4 is 40.7 Å². The van der Waals surface area contributed by atoms with Crippen LogP contribution in [0.1, 0.15) is 49.3 Å². The molecule has 5 nitrogen and oxygen atoms in total. The van der Waals surface area contributed by atoms with Gasteiger partial charge in [0.25, 0.3) is 0 Å². The number of hydrogen-bond acceptors (Lipinski definition) is 5. The molecule has 0 saturated carbocycles. The lowest BCUT2D eigenvalue weighted by atomic mass is 9.69. The molecular formula is C28H28ClN3O2S. The number of aryl methyl sites for hydroxylation is 2. The minimum Gasteiger partial charge on any atom is -0.352 e. The number of nitrogens with one attached hydrogen (secondary N) is 2. The number of nitriles is 1. The summed E-state index contributed by atoms with van der Waals surface area (Å²) in [4.78, 5) is 26.0. The summed E-state index contributed by atoms with van der Waals surface area (Å²) in [6.07, 6.45) is 1.12. The summed E-state index contributed by atoms with van der Waals surface area (Å²) in [5.74, 6) is -0.458. The van der Waals surface area contributed by atoms with Gasteiger partial charge in [-0.15, -0.1) is 0 Å². The van der Waals surface area contributed by atoms with Crippen molar-refractivity contribution in [3.63, 3.8) is 0 Å². The highest BCUT2D eigenvalue weighted by atomic mass is 35.5. The normalized spacial score (nSPS) is 19.1. The van der Waals surface area contributed by atoms with Crippen molar-refractivity contribution < 1.29 is 9.59 Å². The van der Waals surface area contributed by atoms with E-state index in [1.165, 1.54) is 11.8 Å². The molecule has 0 fully saturated rings. The summed E-state index contributed by atoms with van der Waals surface area (Å²) >= 11 is 7.39. The number of Topliss-reactive ketones (excluding diaryl/α,β-unsaturated/α-hetero) is 1. The Morgan fingerprint density at radius 2 is 1.91 bits per heavy atom. The molecule has 2 aromatic carbocycles. The molecule has 1 atom stereocenters. The second-order valence-corrected chi connectivity index (χ2v) is 11.4. The summed E-state index contributed by atoms with van der Waals surface area (Å²) in [7, 11) is 0.